The normalized spacial score (nSPS) is 15.0. The molecule has 1 fully saturated rings. The number of methoxy groups -OCH3 is 2. The van der Waals surface area contributed by atoms with Crippen LogP contribution in [0.15, 0.2) is 53.1 Å². The first-order valence-corrected chi connectivity index (χ1v) is 11.7. The van der Waals surface area contributed by atoms with Crippen molar-refractivity contribution in [2.45, 2.75) is 18.9 Å². The molecule has 184 valence electrons. The van der Waals surface area contributed by atoms with E-state index in [0.29, 0.717) is 54.9 Å². The molecule has 9 nitrogen and oxygen atoms in total. The summed E-state index contributed by atoms with van der Waals surface area (Å²) in [6.45, 7) is 2.05. The predicted octanol–water partition coefficient (Wildman–Crippen LogP) is 3.39. The molecule has 1 saturated heterocycles. The van der Waals surface area contributed by atoms with Gasteiger partial charge in [-0.3, -0.25) is 9.69 Å². The number of rotatable bonds is 8. The van der Waals surface area contributed by atoms with E-state index in [-0.39, 0.29) is 18.3 Å². The minimum absolute atomic E-state index is 0.00112. The first kappa shape index (κ1) is 24.7. The lowest BCUT2D eigenvalue weighted by Crippen LogP contribution is -2.51. The fourth-order valence-electron chi connectivity index (χ4n) is 4.10. The first-order valence-electron chi connectivity index (χ1n) is 11.3. The van der Waals surface area contributed by atoms with Gasteiger partial charge in [0, 0.05) is 49.6 Å². The second-order valence-corrected chi connectivity index (χ2v) is 8.51. The second-order valence-electron chi connectivity index (χ2n) is 8.10. The summed E-state index contributed by atoms with van der Waals surface area (Å²) in [7, 11) is 2.97. The van der Waals surface area contributed by atoms with Gasteiger partial charge in [0.1, 0.15) is 11.8 Å². The van der Waals surface area contributed by atoms with E-state index in [9.17, 15) is 9.59 Å². The van der Waals surface area contributed by atoms with Crippen molar-refractivity contribution in [1.82, 2.24) is 19.9 Å². The summed E-state index contributed by atoms with van der Waals surface area (Å²) in [5, 5.41) is 4.52. The van der Waals surface area contributed by atoms with Crippen molar-refractivity contribution in [2.24, 2.45) is 0 Å². The van der Waals surface area contributed by atoms with Gasteiger partial charge < -0.3 is 18.9 Å². The summed E-state index contributed by atoms with van der Waals surface area (Å²) in [5.74, 6) is 1.25. The Hall–Kier alpha value is -3.43. The van der Waals surface area contributed by atoms with Crippen molar-refractivity contribution in [3.63, 3.8) is 0 Å². The third-order valence-corrected chi connectivity index (χ3v) is 6.37. The molecular formula is C25H27ClN4O5. The number of amides is 1. The number of benzene rings is 2. The van der Waals surface area contributed by atoms with E-state index in [1.807, 2.05) is 47.4 Å². The lowest BCUT2D eigenvalue weighted by molar-refractivity contribution is -0.148. The number of ether oxygens (including phenoxy) is 2. The highest BCUT2D eigenvalue weighted by Gasteiger charge is 2.33. The summed E-state index contributed by atoms with van der Waals surface area (Å²) in [4.78, 5) is 33.5. The molecule has 0 saturated carbocycles. The quantitative estimate of drug-likeness (QED) is 0.436. The fourth-order valence-corrected chi connectivity index (χ4v) is 4.34. The molecule has 1 amide bonds. The molecule has 1 aromatic heterocycles. The Morgan fingerprint density at radius 2 is 1.77 bits per heavy atom. The number of esters is 1. The van der Waals surface area contributed by atoms with Gasteiger partial charge in [-0.1, -0.05) is 35.0 Å². The van der Waals surface area contributed by atoms with Gasteiger partial charge in [-0.2, -0.15) is 4.98 Å². The van der Waals surface area contributed by atoms with E-state index < -0.39 is 6.04 Å². The van der Waals surface area contributed by atoms with Crippen LogP contribution in [0.5, 0.6) is 5.75 Å². The number of hydrogen-bond donors (Lipinski definition) is 0. The van der Waals surface area contributed by atoms with Crippen molar-refractivity contribution in [3.05, 3.63) is 65.0 Å². The standard InChI is InChI=1S/C25H27ClN4O5/c1-33-18-9-7-17(8-10-18)24-27-21(35-28-24)11-12-22(31)29-13-15-30(16-14-29)23(25(32)34-2)19-5-3-4-6-20(19)26/h3-10,23H,11-16H2,1-2H3. The number of carbonyl (C=O) groups is 2. The third kappa shape index (κ3) is 5.80. The van der Waals surface area contributed by atoms with Crippen LogP contribution in [0.3, 0.4) is 0 Å². The molecule has 1 atom stereocenters. The monoisotopic (exact) mass is 498 g/mol. The lowest BCUT2D eigenvalue weighted by atomic mass is 10.0. The summed E-state index contributed by atoms with van der Waals surface area (Å²) in [6, 6.07) is 14.0. The van der Waals surface area contributed by atoms with E-state index in [1.165, 1.54) is 7.11 Å². The van der Waals surface area contributed by atoms with Crippen molar-refractivity contribution < 1.29 is 23.6 Å². The Balaban J connectivity index is 1.32. The van der Waals surface area contributed by atoms with Gasteiger partial charge in [-0.25, -0.2) is 4.79 Å². The molecule has 4 rings (SSSR count). The number of carbonyl (C=O) groups excluding carboxylic acids is 2. The Kier molecular flexibility index (Phi) is 7.99. The predicted molar refractivity (Wildman–Crippen MR) is 129 cm³/mol. The molecule has 35 heavy (non-hydrogen) atoms. The second kappa shape index (κ2) is 11.3. The van der Waals surface area contributed by atoms with Crippen LogP contribution in [0.25, 0.3) is 11.4 Å². The summed E-state index contributed by atoms with van der Waals surface area (Å²) in [5.41, 5.74) is 1.51. The zero-order chi connectivity index (χ0) is 24.8. The maximum atomic E-state index is 12.8. The van der Waals surface area contributed by atoms with E-state index in [0.717, 1.165) is 11.3 Å². The van der Waals surface area contributed by atoms with Gasteiger partial charge in [-0.15, -0.1) is 0 Å². The van der Waals surface area contributed by atoms with Crippen LogP contribution in [0.2, 0.25) is 5.02 Å². The molecule has 1 aliphatic rings. The van der Waals surface area contributed by atoms with E-state index in [2.05, 4.69) is 10.1 Å². The van der Waals surface area contributed by atoms with Crippen molar-refractivity contribution in [2.75, 3.05) is 40.4 Å². The molecule has 0 radical (unpaired) electrons. The van der Waals surface area contributed by atoms with Gasteiger partial charge in [-0.05, 0) is 35.9 Å². The van der Waals surface area contributed by atoms with E-state index in [1.54, 1.807) is 18.1 Å². The zero-order valence-electron chi connectivity index (χ0n) is 19.6. The Labute approximate surface area is 208 Å². The fraction of sp³-hybridized carbons (Fsp3) is 0.360. The minimum atomic E-state index is -0.610. The average Bonchev–Trinajstić information content (AvgIpc) is 3.38. The number of hydrogen-bond acceptors (Lipinski definition) is 8. The molecule has 1 aliphatic heterocycles. The van der Waals surface area contributed by atoms with Crippen LogP contribution in [-0.4, -0.2) is 72.2 Å². The maximum Gasteiger partial charge on any atom is 0.327 e. The summed E-state index contributed by atoms with van der Waals surface area (Å²) in [6.07, 6.45) is 0.613. The molecule has 0 spiro atoms. The van der Waals surface area contributed by atoms with Gasteiger partial charge in [0.15, 0.2) is 0 Å². The van der Waals surface area contributed by atoms with E-state index in [4.69, 9.17) is 25.6 Å². The Morgan fingerprint density at radius 3 is 2.43 bits per heavy atom. The van der Waals surface area contributed by atoms with Gasteiger partial charge in [0.2, 0.25) is 17.6 Å². The van der Waals surface area contributed by atoms with Crippen LogP contribution in [0, 0.1) is 0 Å². The number of piperazine rings is 1. The molecule has 0 aliphatic carbocycles. The first-order chi connectivity index (χ1) is 17.0. The minimum Gasteiger partial charge on any atom is -0.497 e. The SMILES string of the molecule is COC(=O)C(c1ccccc1Cl)N1CCN(C(=O)CCc2nc(-c3ccc(OC)cc3)no2)CC1. The van der Waals surface area contributed by atoms with Crippen molar-refractivity contribution >= 4 is 23.5 Å². The highest BCUT2D eigenvalue weighted by Crippen LogP contribution is 2.29. The topological polar surface area (TPSA) is 98.0 Å². The van der Waals surface area contributed by atoms with Crippen LogP contribution in [0.1, 0.15) is 23.9 Å². The van der Waals surface area contributed by atoms with Crippen LogP contribution < -0.4 is 4.74 Å². The highest BCUT2D eigenvalue weighted by atomic mass is 35.5. The molecule has 0 bridgehead atoms. The van der Waals surface area contributed by atoms with Crippen LogP contribution in [0.4, 0.5) is 0 Å². The Morgan fingerprint density at radius 1 is 1.06 bits per heavy atom. The summed E-state index contributed by atoms with van der Waals surface area (Å²) < 4.78 is 15.5. The average molecular weight is 499 g/mol. The number of aromatic nitrogens is 2. The molecule has 10 heteroatoms. The molecular weight excluding hydrogens is 472 g/mol. The molecule has 0 N–H and O–H groups in total. The van der Waals surface area contributed by atoms with Gasteiger partial charge in [0.05, 0.1) is 14.2 Å². The number of halogens is 1. The zero-order valence-corrected chi connectivity index (χ0v) is 20.4. The molecule has 2 aromatic carbocycles. The summed E-state index contributed by atoms with van der Waals surface area (Å²) >= 11 is 6.35. The van der Waals surface area contributed by atoms with Gasteiger partial charge >= 0.3 is 5.97 Å². The largest absolute Gasteiger partial charge is 0.497 e. The third-order valence-electron chi connectivity index (χ3n) is 6.03. The lowest BCUT2D eigenvalue weighted by Gasteiger charge is -2.38. The smallest absolute Gasteiger partial charge is 0.327 e. The molecule has 3 aromatic rings. The number of aryl methyl sites for hydroxylation is 1. The van der Waals surface area contributed by atoms with Crippen LogP contribution in [-0.2, 0) is 20.7 Å². The number of nitrogens with zero attached hydrogens (tertiary/aromatic N) is 4. The van der Waals surface area contributed by atoms with Crippen molar-refractivity contribution in [1.29, 1.82) is 0 Å². The highest BCUT2D eigenvalue weighted by molar-refractivity contribution is 6.31. The van der Waals surface area contributed by atoms with Crippen LogP contribution >= 0.6 is 11.6 Å². The Bertz CT molecular complexity index is 1160. The maximum absolute atomic E-state index is 12.8. The van der Waals surface area contributed by atoms with Gasteiger partial charge in [0.25, 0.3) is 0 Å². The molecule has 2 heterocycles. The van der Waals surface area contributed by atoms with Crippen molar-refractivity contribution in [3.8, 4) is 17.1 Å². The molecule has 1 unspecified atom stereocenters. The van der Waals surface area contributed by atoms with E-state index >= 15 is 0 Å².